The Bertz CT molecular complexity index is 711. The van der Waals surface area contributed by atoms with Crippen molar-refractivity contribution in [2.24, 2.45) is 5.73 Å². The lowest BCUT2D eigenvalue weighted by atomic mass is 10.1. The molecule has 0 fully saturated rings. The van der Waals surface area contributed by atoms with E-state index in [1.54, 1.807) is 0 Å². The zero-order valence-electron chi connectivity index (χ0n) is 11.6. The first-order valence-corrected chi connectivity index (χ1v) is 6.90. The molecule has 1 heterocycles. The van der Waals surface area contributed by atoms with Gasteiger partial charge >= 0.3 is 0 Å². The van der Waals surface area contributed by atoms with E-state index < -0.39 is 0 Å². The van der Waals surface area contributed by atoms with Crippen molar-refractivity contribution in [2.45, 2.75) is 13.3 Å². The second-order valence-corrected chi connectivity index (χ2v) is 4.66. The lowest BCUT2D eigenvalue weighted by Gasteiger charge is -2.09. The van der Waals surface area contributed by atoms with Crippen molar-refractivity contribution in [1.29, 1.82) is 0 Å². The third kappa shape index (κ3) is 3.88. The average molecular weight is 303 g/mol. The van der Waals surface area contributed by atoms with Crippen LogP contribution in [0.2, 0.25) is 5.22 Å². The van der Waals surface area contributed by atoms with Gasteiger partial charge in [-0.25, -0.2) is 0 Å². The monoisotopic (exact) mass is 302 g/mol. The summed E-state index contributed by atoms with van der Waals surface area (Å²) in [6.07, 6.45) is 0.771. The predicted molar refractivity (Wildman–Crippen MR) is 83.4 cm³/mol. The van der Waals surface area contributed by atoms with Gasteiger partial charge in [0.1, 0.15) is 0 Å². The maximum atomic E-state index is 12.0. The largest absolute Gasteiger partial charge is 0.440 e. The van der Waals surface area contributed by atoms with E-state index in [-0.39, 0.29) is 16.9 Å². The summed E-state index contributed by atoms with van der Waals surface area (Å²) < 4.78 is 5.09. The van der Waals surface area contributed by atoms with Gasteiger partial charge in [0.2, 0.25) is 0 Å². The molecular weight excluding hydrogens is 288 g/mol. The van der Waals surface area contributed by atoms with Gasteiger partial charge in [-0.2, -0.15) is 0 Å². The van der Waals surface area contributed by atoms with Crippen LogP contribution in [0.25, 0.3) is 0 Å². The number of nitrogens with two attached hydrogens (primary N) is 1. The van der Waals surface area contributed by atoms with Crippen LogP contribution < -0.4 is 11.1 Å². The van der Waals surface area contributed by atoms with Gasteiger partial charge in [0.05, 0.1) is 6.54 Å². The van der Waals surface area contributed by atoms with E-state index in [1.807, 2.05) is 25.1 Å². The minimum Gasteiger partial charge on any atom is -0.440 e. The molecule has 1 amide bonds. The Morgan fingerprint density at radius 3 is 2.81 bits per heavy atom. The van der Waals surface area contributed by atoms with Gasteiger partial charge in [-0.05, 0) is 53.9 Å². The Kier molecular flexibility index (Phi) is 5.04. The third-order valence-electron chi connectivity index (χ3n) is 2.87. The fraction of sp³-hybridized carbons (Fsp3) is 0.188. The lowest BCUT2D eigenvalue weighted by Crippen LogP contribution is -2.12. The fourth-order valence-electron chi connectivity index (χ4n) is 1.86. The van der Waals surface area contributed by atoms with Crippen LogP contribution in [0.1, 0.15) is 28.6 Å². The molecule has 1 aromatic carbocycles. The summed E-state index contributed by atoms with van der Waals surface area (Å²) in [4.78, 5) is 12.0. The van der Waals surface area contributed by atoms with Crippen molar-refractivity contribution in [3.8, 4) is 11.8 Å². The molecule has 2 rings (SSSR count). The predicted octanol–water partition coefficient (Wildman–Crippen LogP) is 3.06. The first-order valence-electron chi connectivity index (χ1n) is 6.52. The van der Waals surface area contributed by atoms with Crippen LogP contribution in [0.3, 0.4) is 0 Å². The van der Waals surface area contributed by atoms with Crippen molar-refractivity contribution in [2.75, 3.05) is 11.9 Å². The molecular formula is C16H15ClN2O2. The molecule has 2 aromatic rings. The zero-order valence-corrected chi connectivity index (χ0v) is 12.3. The minimum atomic E-state index is -0.336. The third-order valence-corrected chi connectivity index (χ3v) is 3.07. The van der Waals surface area contributed by atoms with Crippen LogP contribution >= 0.6 is 11.6 Å². The standard InChI is InChI=1S/C16H15ClN2O2/c1-2-12-10-11(4-3-9-18)5-6-13(12)19-16(20)14-7-8-15(17)21-14/h5-8,10H,2,9,18H2,1H3,(H,19,20). The number of anilines is 1. The van der Waals surface area contributed by atoms with Crippen LogP contribution in [-0.2, 0) is 6.42 Å². The number of amides is 1. The van der Waals surface area contributed by atoms with Crippen molar-refractivity contribution in [3.63, 3.8) is 0 Å². The fourth-order valence-corrected chi connectivity index (χ4v) is 2.01. The molecule has 5 heteroatoms. The van der Waals surface area contributed by atoms with Crippen LogP contribution in [0.4, 0.5) is 5.69 Å². The first-order chi connectivity index (χ1) is 10.1. The van der Waals surface area contributed by atoms with Crippen LogP contribution in [0.15, 0.2) is 34.7 Å². The highest BCUT2D eigenvalue weighted by atomic mass is 35.5. The Balaban J connectivity index is 2.21. The number of nitrogens with one attached hydrogen (secondary N) is 1. The number of carbonyl (C=O) groups excluding carboxylic acids is 1. The van der Waals surface area contributed by atoms with Gasteiger partial charge in [-0.15, -0.1) is 0 Å². The van der Waals surface area contributed by atoms with E-state index in [0.29, 0.717) is 6.54 Å². The van der Waals surface area contributed by atoms with Crippen LogP contribution in [0.5, 0.6) is 0 Å². The number of benzene rings is 1. The van der Waals surface area contributed by atoms with Crippen molar-refractivity contribution < 1.29 is 9.21 Å². The SMILES string of the molecule is CCc1cc(C#CCN)ccc1NC(=O)c1ccc(Cl)o1. The van der Waals surface area contributed by atoms with Crippen LogP contribution in [-0.4, -0.2) is 12.5 Å². The van der Waals surface area contributed by atoms with E-state index in [4.69, 9.17) is 21.8 Å². The van der Waals surface area contributed by atoms with E-state index in [1.165, 1.54) is 12.1 Å². The quantitative estimate of drug-likeness (QED) is 0.856. The van der Waals surface area contributed by atoms with E-state index in [9.17, 15) is 4.79 Å². The highest BCUT2D eigenvalue weighted by molar-refractivity contribution is 6.29. The number of carbonyl (C=O) groups is 1. The van der Waals surface area contributed by atoms with Crippen molar-refractivity contribution in [1.82, 2.24) is 0 Å². The van der Waals surface area contributed by atoms with E-state index in [2.05, 4.69) is 17.2 Å². The molecule has 0 saturated heterocycles. The minimum absolute atomic E-state index is 0.175. The summed E-state index contributed by atoms with van der Waals surface area (Å²) in [5.74, 6) is 5.62. The number of aryl methyl sites for hydroxylation is 1. The van der Waals surface area contributed by atoms with Crippen LogP contribution in [0, 0.1) is 11.8 Å². The molecule has 0 unspecified atom stereocenters. The molecule has 0 spiro atoms. The molecule has 108 valence electrons. The number of hydrogen-bond acceptors (Lipinski definition) is 3. The Morgan fingerprint density at radius 2 is 2.19 bits per heavy atom. The summed E-state index contributed by atoms with van der Waals surface area (Å²) in [5.41, 5.74) is 7.95. The molecule has 0 aliphatic rings. The normalized spacial score (nSPS) is 9.86. The second kappa shape index (κ2) is 6.98. The van der Waals surface area contributed by atoms with Gasteiger partial charge in [0.25, 0.3) is 5.91 Å². The number of hydrogen-bond donors (Lipinski definition) is 2. The molecule has 1 aromatic heterocycles. The number of furan rings is 1. The maximum Gasteiger partial charge on any atom is 0.291 e. The summed E-state index contributed by atoms with van der Waals surface area (Å²) in [6.45, 7) is 2.33. The smallest absolute Gasteiger partial charge is 0.291 e. The van der Waals surface area contributed by atoms with E-state index in [0.717, 1.165) is 23.2 Å². The summed E-state index contributed by atoms with van der Waals surface area (Å²) in [5, 5.41) is 2.99. The maximum absolute atomic E-state index is 12.0. The molecule has 0 bridgehead atoms. The number of halogens is 1. The second-order valence-electron chi connectivity index (χ2n) is 4.29. The molecule has 0 aliphatic heterocycles. The summed E-state index contributed by atoms with van der Waals surface area (Å²) in [7, 11) is 0. The van der Waals surface area contributed by atoms with Gasteiger partial charge in [0.15, 0.2) is 11.0 Å². The van der Waals surface area contributed by atoms with Crippen molar-refractivity contribution in [3.05, 3.63) is 52.4 Å². The Labute approximate surface area is 128 Å². The van der Waals surface area contributed by atoms with Gasteiger partial charge in [-0.3, -0.25) is 4.79 Å². The van der Waals surface area contributed by atoms with Gasteiger partial charge in [-0.1, -0.05) is 18.8 Å². The molecule has 21 heavy (non-hydrogen) atoms. The molecule has 0 aliphatic carbocycles. The molecule has 3 N–H and O–H groups in total. The summed E-state index contributed by atoms with van der Waals surface area (Å²) >= 11 is 5.66. The average Bonchev–Trinajstić information content (AvgIpc) is 2.92. The topological polar surface area (TPSA) is 68.3 Å². The molecule has 0 saturated carbocycles. The Hall–Kier alpha value is -2.22. The Morgan fingerprint density at radius 1 is 1.38 bits per heavy atom. The first kappa shape index (κ1) is 15.2. The van der Waals surface area contributed by atoms with Gasteiger partial charge in [0, 0.05) is 11.3 Å². The van der Waals surface area contributed by atoms with Gasteiger partial charge < -0.3 is 15.5 Å². The highest BCUT2D eigenvalue weighted by Crippen LogP contribution is 2.20. The summed E-state index contributed by atoms with van der Waals surface area (Å²) in [6, 6.07) is 8.66. The number of rotatable bonds is 3. The van der Waals surface area contributed by atoms with E-state index >= 15 is 0 Å². The molecule has 0 atom stereocenters. The zero-order chi connectivity index (χ0) is 15.2. The van der Waals surface area contributed by atoms with Crippen molar-refractivity contribution >= 4 is 23.2 Å². The molecule has 0 radical (unpaired) electrons. The highest BCUT2D eigenvalue weighted by Gasteiger charge is 2.12. The molecule has 4 nitrogen and oxygen atoms in total. The lowest BCUT2D eigenvalue weighted by molar-refractivity contribution is 0.0996.